The van der Waals surface area contributed by atoms with Gasteiger partial charge in [-0.3, -0.25) is 4.79 Å². The van der Waals surface area contributed by atoms with Crippen LogP contribution in [0.25, 0.3) is 5.69 Å². The summed E-state index contributed by atoms with van der Waals surface area (Å²) in [6.45, 7) is 13.2. The van der Waals surface area contributed by atoms with E-state index in [0.29, 0.717) is 18.7 Å². The van der Waals surface area contributed by atoms with Crippen LogP contribution in [0.15, 0.2) is 36.5 Å². The van der Waals surface area contributed by atoms with Crippen LogP contribution >= 0.6 is 0 Å². The van der Waals surface area contributed by atoms with Gasteiger partial charge in [0.1, 0.15) is 11.6 Å². The Morgan fingerprint density at radius 2 is 1.72 bits per heavy atom. The van der Waals surface area contributed by atoms with Crippen molar-refractivity contribution >= 4 is 11.7 Å². The SMILES string of the molecule is CCc1c(C(=O)N2CCN(c3cc(C)nc(C(C)C)n3)CC2)cnn1-c1ccc(C)cc1. The zero-order chi connectivity index (χ0) is 22.8. The zero-order valence-electron chi connectivity index (χ0n) is 19.7. The van der Waals surface area contributed by atoms with E-state index in [-0.39, 0.29) is 11.8 Å². The minimum absolute atomic E-state index is 0.0570. The van der Waals surface area contributed by atoms with E-state index in [0.717, 1.165) is 48.2 Å². The Balaban J connectivity index is 1.49. The van der Waals surface area contributed by atoms with Crippen LogP contribution in [0.3, 0.4) is 0 Å². The van der Waals surface area contributed by atoms with Crippen molar-refractivity contribution in [3.05, 3.63) is 64.9 Å². The molecule has 1 fully saturated rings. The van der Waals surface area contributed by atoms with Gasteiger partial charge in [-0.15, -0.1) is 0 Å². The van der Waals surface area contributed by atoms with Gasteiger partial charge >= 0.3 is 0 Å². The van der Waals surface area contributed by atoms with Crippen molar-refractivity contribution in [2.24, 2.45) is 0 Å². The van der Waals surface area contributed by atoms with Gasteiger partial charge in [0.25, 0.3) is 5.91 Å². The molecular weight excluding hydrogens is 400 g/mol. The van der Waals surface area contributed by atoms with Crippen LogP contribution in [-0.2, 0) is 6.42 Å². The molecule has 1 aliphatic heterocycles. The Kier molecular flexibility index (Phi) is 6.26. The first-order valence-electron chi connectivity index (χ1n) is 11.4. The van der Waals surface area contributed by atoms with E-state index in [1.165, 1.54) is 5.56 Å². The number of nitrogens with zero attached hydrogens (tertiary/aromatic N) is 6. The molecule has 7 heteroatoms. The van der Waals surface area contributed by atoms with Crippen molar-refractivity contribution in [1.29, 1.82) is 0 Å². The lowest BCUT2D eigenvalue weighted by Crippen LogP contribution is -2.49. The summed E-state index contributed by atoms with van der Waals surface area (Å²) < 4.78 is 1.89. The highest BCUT2D eigenvalue weighted by atomic mass is 16.2. The maximum atomic E-state index is 13.3. The Bertz CT molecular complexity index is 1090. The third kappa shape index (κ3) is 4.38. The normalized spacial score (nSPS) is 14.3. The molecule has 4 rings (SSSR count). The number of hydrogen-bond donors (Lipinski definition) is 0. The van der Waals surface area contributed by atoms with Crippen molar-refractivity contribution < 1.29 is 4.79 Å². The van der Waals surface area contributed by atoms with Crippen LogP contribution in [0.4, 0.5) is 5.82 Å². The molecule has 3 heterocycles. The van der Waals surface area contributed by atoms with Crippen LogP contribution in [0.5, 0.6) is 0 Å². The van der Waals surface area contributed by atoms with Crippen molar-refractivity contribution in [2.45, 2.75) is 47.0 Å². The number of carbonyl (C=O) groups excluding carboxylic acids is 1. The van der Waals surface area contributed by atoms with E-state index in [2.05, 4.69) is 54.8 Å². The average Bonchev–Trinajstić information content (AvgIpc) is 3.23. The standard InChI is InChI=1S/C25H32N6O/c1-6-22-21(16-26-31(22)20-9-7-18(4)8-10-20)25(32)30-13-11-29(12-14-30)23-15-19(5)27-24(28-23)17(2)3/h7-10,15-17H,6,11-14H2,1-5H3. The van der Waals surface area contributed by atoms with Gasteiger partial charge in [-0.1, -0.05) is 38.5 Å². The molecule has 1 aromatic carbocycles. The van der Waals surface area contributed by atoms with Gasteiger partial charge in [-0.2, -0.15) is 5.10 Å². The second-order valence-corrected chi connectivity index (χ2v) is 8.77. The summed E-state index contributed by atoms with van der Waals surface area (Å²) in [5.41, 5.74) is 4.81. The summed E-state index contributed by atoms with van der Waals surface area (Å²) >= 11 is 0. The highest BCUT2D eigenvalue weighted by Crippen LogP contribution is 2.21. The van der Waals surface area contributed by atoms with E-state index in [9.17, 15) is 4.79 Å². The van der Waals surface area contributed by atoms with Crippen LogP contribution in [0.2, 0.25) is 0 Å². The monoisotopic (exact) mass is 432 g/mol. The summed E-state index contributed by atoms with van der Waals surface area (Å²) in [5, 5.41) is 4.54. The number of aromatic nitrogens is 4. The molecule has 1 saturated heterocycles. The molecule has 0 atom stereocenters. The number of benzene rings is 1. The Morgan fingerprint density at radius 1 is 1.03 bits per heavy atom. The molecule has 0 bridgehead atoms. The van der Waals surface area contributed by atoms with Crippen LogP contribution < -0.4 is 4.90 Å². The predicted molar refractivity (Wildman–Crippen MR) is 127 cm³/mol. The first kappa shape index (κ1) is 22.0. The van der Waals surface area contributed by atoms with Crippen molar-refractivity contribution in [2.75, 3.05) is 31.1 Å². The molecule has 2 aromatic heterocycles. The molecule has 0 spiro atoms. The molecule has 0 N–H and O–H groups in total. The lowest BCUT2D eigenvalue weighted by Gasteiger charge is -2.35. The molecular formula is C25H32N6O. The van der Waals surface area contributed by atoms with Crippen LogP contribution in [-0.4, -0.2) is 56.7 Å². The number of anilines is 1. The third-order valence-corrected chi connectivity index (χ3v) is 5.98. The van der Waals surface area contributed by atoms with Gasteiger partial charge in [0.2, 0.25) is 0 Å². The molecule has 3 aromatic rings. The van der Waals surface area contributed by atoms with E-state index in [1.54, 1.807) is 6.20 Å². The van der Waals surface area contributed by atoms with E-state index < -0.39 is 0 Å². The molecule has 7 nitrogen and oxygen atoms in total. The number of carbonyl (C=O) groups is 1. The van der Waals surface area contributed by atoms with E-state index in [4.69, 9.17) is 4.98 Å². The van der Waals surface area contributed by atoms with Gasteiger partial charge in [-0.05, 0) is 32.4 Å². The van der Waals surface area contributed by atoms with Gasteiger partial charge < -0.3 is 9.80 Å². The zero-order valence-corrected chi connectivity index (χ0v) is 19.7. The lowest BCUT2D eigenvalue weighted by atomic mass is 10.1. The second kappa shape index (κ2) is 9.10. The summed E-state index contributed by atoms with van der Waals surface area (Å²) in [6.07, 6.45) is 2.46. The number of amides is 1. The molecule has 32 heavy (non-hydrogen) atoms. The van der Waals surface area contributed by atoms with Gasteiger partial charge in [-0.25, -0.2) is 14.6 Å². The van der Waals surface area contributed by atoms with Crippen molar-refractivity contribution in [3.8, 4) is 5.69 Å². The van der Waals surface area contributed by atoms with Crippen molar-refractivity contribution in [3.63, 3.8) is 0 Å². The first-order valence-corrected chi connectivity index (χ1v) is 11.4. The number of hydrogen-bond acceptors (Lipinski definition) is 5. The fraction of sp³-hybridized carbons (Fsp3) is 0.440. The van der Waals surface area contributed by atoms with Crippen LogP contribution in [0, 0.1) is 13.8 Å². The second-order valence-electron chi connectivity index (χ2n) is 8.77. The maximum absolute atomic E-state index is 13.3. The fourth-order valence-corrected chi connectivity index (χ4v) is 4.10. The fourth-order valence-electron chi connectivity index (χ4n) is 4.10. The number of piperazine rings is 1. The highest BCUT2D eigenvalue weighted by Gasteiger charge is 2.27. The number of aryl methyl sites for hydroxylation is 2. The molecule has 168 valence electrons. The summed E-state index contributed by atoms with van der Waals surface area (Å²) in [5.74, 6) is 2.17. The molecule has 0 unspecified atom stereocenters. The quantitative estimate of drug-likeness (QED) is 0.611. The Morgan fingerprint density at radius 3 is 2.34 bits per heavy atom. The molecule has 0 aliphatic carbocycles. The highest BCUT2D eigenvalue weighted by molar-refractivity contribution is 5.95. The number of rotatable bonds is 5. The molecule has 1 aliphatic rings. The minimum Gasteiger partial charge on any atom is -0.353 e. The Labute approximate surface area is 190 Å². The Hall–Kier alpha value is -3.22. The summed E-state index contributed by atoms with van der Waals surface area (Å²) in [7, 11) is 0. The van der Waals surface area contributed by atoms with Gasteiger partial charge in [0.05, 0.1) is 23.1 Å². The predicted octanol–water partition coefficient (Wildman–Crippen LogP) is 3.93. The van der Waals surface area contributed by atoms with Gasteiger partial charge in [0, 0.05) is 43.9 Å². The molecule has 0 saturated carbocycles. The largest absolute Gasteiger partial charge is 0.353 e. The van der Waals surface area contributed by atoms with E-state index >= 15 is 0 Å². The van der Waals surface area contributed by atoms with Crippen molar-refractivity contribution in [1.82, 2.24) is 24.6 Å². The molecule has 1 amide bonds. The maximum Gasteiger partial charge on any atom is 0.257 e. The minimum atomic E-state index is 0.0570. The summed E-state index contributed by atoms with van der Waals surface area (Å²) in [4.78, 5) is 26.8. The van der Waals surface area contributed by atoms with Gasteiger partial charge in [0.15, 0.2) is 0 Å². The average molecular weight is 433 g/mol. The molecule has 0 radical (unpaired) electrons. The topological polar surface area (TPSA) is 67.2 Å². The van der Waals surface area contributed by atoms with E-state index in [1.807, 2.05) is 34.7 Å². The third-order valence-electron chi connectivity index (χ3n) is 5.98. The summed E-state index contributed by atoms with van der Waals surface area (Å²) in [6, 6.07) is 10.3. The smallest absolute Gasteiger partial charge is 0.257 e. The van der Waals surface area contributed by atoms with Crippen LogP contribution in [0.1, 0.15) is 59.8 Å². The lowest BCUT2D eigenvalue weighted by molar-refractivity contribution is 0.0745. The first-order chi connectivity index (χ1) is 15.4.